The van der Waals surface area contributed by atoms with E-state index in [1.54, 1.807) is 0 Å². The number of unbranched alkanes of at least 4 members (excludes halogenated alkanes) is 20. The number of aliphatic hydroxyl groups excluding tert-OH is 3. The van der Waals surface area contributed by atoms with Crippen LogP contribution in [0.3, 0.4) is 0 Å². The lowest BCUT2D eigenvalue weighted by Crippen LogP contribution is -2.50. The van der Waals surface area contributed by atoms with Crippen LogP contribution in [0.25, 0.3) is 0 Å². The van der Waals surface area contributed by atoms with Crippen molar-refractivity contribution in [2.45, 2.75) is 205 Å². The Balaban J connectivity index is 3.70. The zero-order valence-corrected chi connectivity index (χ0v) is 29.7. The third-order valence-corrected chi connectivity index (χ3v) is 8.69. The molecule has 45 heavy (non-hydrogen) atoms. The molecule has 0 fully saturated rings. The van der Waals surface area contributed by atoms with Gasteiger partial charge in [-0.25, -0.2) is 0 Å². The van der Waals surface area contributed by atoms with Gasteiger partial charge in [-0.3, -0.25) is 4.79 Å². The quantitative estimate of drug-likeness (QED) is 0.0419. The van der Waals surface area contributed by atoms with E-state index in [0.29, 0.717) is 12.8 Å². The van der Waals surface area contributed by atoms with Crippen molar-refractivity contribution in [2.75, 3.05) is 6.61 Å². The predicted octanol–water partition coefficient (Wildman–Crippen LogP) is 10.4. The van der Waals surface area contributed by atoms with Gasteiger partial charge in [-0.15, -0.1) is 0 Å². The van der Waals surface area contributed by atoms with E-state index >= 15 is 0 Å². The number of amides is 1. The molecule has 0 aliphatic carbocycles. The molecule has 4 N–H and O–H groups in total. The molecular formula is C40H75NO4. The first kappa shape index (κ1) is 43.6. The maximum absolute atomic E-state index is 12.4. The number of allylic oxidation sites excluding steroid dienone is 6. The van der Waals surface area contributed by atoms with Crippen molar-refractivity contribution in [3.05, 3.63) is 36.5 Å². The highest BCUT2D eigenvalue weighted by Gasteiger charge is 2.26. The molecule has 0 bridgehead atoms. The van der Waals surface area contributed by atoms with E-state index in [9.17, 15) is 20.1 Å². The first-order chi connectivity index (χ1) is 22.1. The minimum absolute atomic E-state index is 0.166. The number of hydrogen-bond donors (Lipinski definition) is 4. The lowest BCUT2D eigenvalue weighted by molar-refractivity contribution is -0.124. The number of hydrogen-bond acceptors (Lipinski definition) is 4. The Bertz CT molecular complexity index is 704. The van der Waals surface area contributed by atoms with Crippen LogP contribution < -0.4 is 5.32 Å². The van der Waals surface area contributed by atoms with Crippen molar-refractivity contribution in [2.24, 2.45) is 0 Å². The summed E-state index contributed by atoms with van der Waals surface area (Å²) in [6.07, 6.45) is 42.4. The molecule has 0 saturated heterocycles. The molecule has 3 unspecified atom stereocenters. The third-order valence-electron chi connectivity index (χ3n) is 8.69. The van der Waals surface area contributed by atoms with Gasteiger partial charge < -0.3 is 20.6 Å². The number of nitrogens with one attached hydrogen (secondary N) is 1. The molecule has 3 atom stereocenters. The summed E-state index contributed by atoms with van der Waals surface area (Å²) in [6.45, 7) is 4.10. The fourth-order valence-corrected chi connectivity index (χ4v) is 5.63. The highest BCUT2D eigenvalue weighted by Crippen LogP contribution is 2.14. The summed E-state index contributed by atoms with van der Waals surface area (Å²) in [5, 5.41) is 33.3. The summed E-state index contributed by atoms with van der Waals surface area (Å²) in [6, 6.07) is -0.832. The zero-order chi connectivity index (χ0) is 33.1. The summed E-state index contributed by atoms with van der Waals surface area (Å²) in [5.41, 5.74) is 0. The van der Waals surface area contributed by atoms with E-state index in [4.69, 9.17) is 0 Å². The van der Waals surface area contributed by atoms with Crippen LogP contribution >= 0.6 is 0 Å². The van der Waals surface area contributed by atoms with Crippen LogP contribution in [0, 0.1) is 0 Å². The molecule has 0 spiro atoms. The summed E-state index contributed by atoms with van der Waals surface area (Å²) in [4.78, 5) is 12.4. The molecule has 0 aliphatic heterocycles. The highest BCUT2D eigenvalue weighted by atomic mass is 16.3. The largest absolute Gasteiger partial charge is 0.394 e. The average Bonchev–Trinajstić information content (AvgIpc) is 3.04. The second kappa shape index (κ2) is 35.4. The van der Waals surface area contributed by atoms with Gasteiger partial charge in [0, 0.05) is 6.42 Å². The van der Waals surface area contributed by atoms with Gasteiger partial charge in [0.1, 0.15) is 6.10 Å². The van der Waals surface area contributed by atoms with E-state index in [-0.39, 0.29) is 12.5 Å². The first-order valence-corrected chi connectivity index (χ1v) is 19.3. The molecule has 0 aliphatic rings. The Morgan fingerprint density at radius 2 is 0.933 bits per heavy atom. The lowest BCUT2D eigenvalue weighted by atomic mass is 10.0. The maximum atomic E-state index is 12.4. The van der Waals surface area contributed by atoms with E-state index < -0.39 is 18.2 Å². The van der Waals surface area contributed by atoms with Gasteiger partial charge in [-0.1, -0.05) is 147 Å². The molecule has 264 valence electrons. The van der Waals surface area contributed by atoms with Crippen molar-refractivity contribution >= 4 is 5.91 Å². The van der Waals surface area contributed by atoms with Gasteiger partial charge in [0.05, 0.1) is 18.8 Å². The summed E-state index contributed by atoms with van der Waals surface area (Å²) < 4.78 is 0. The number of rotatable bonds is 34. The lowest BCUT2D eigenvalue weighted by Gasteiger charge is -2.26. The Hall–Kier alpha value is -1.43. The van der Waals surface area contributed by atoms with E-state index in [2.05, 4.69) is 55.6 Å². The molecule has 0 saturated carbocycles. The van der Waals surface area contributed by atoms with E-state index in [1.807, 2.05) is 0 Å². The molecule has 0 aromatic heterocycles. The van der Waals surface area contributed by atoms with Crippen molar-refractivity contribution in [3.8, 4) is 0 Å². The van der Waals surface area contributed by atoms with Crippen molar-refractivity contribution < 1.29 is 20.1 Å². The second-order valence-corrected chi connectivity index (χ2v) is 13.1. The van der Waals surface area contributed by atoms with Crippen molar-refractivity contribution in [1.29, 1.82) is 0 Å². The van der Waals surface area contributed by atoms with Crippen LogP contribution in [0.2, 0.25) is 0 Å². The van der Waals surface area contributed by atoms with Crippen LogP contribution in [-0.4, -0.2) is 46.1 Å². The topological polar surface area (TPSA) is 89.8 Å². The van der Waals surface area contributed by atoms with Crippen LogP contribution in [0.5, 0.6) is 0 Å². The normalized spacial score (nSPS) is 14.2. The predicted molar refractivity (Wildman–Crippen MR) is 194 cm³/mol. The monoisotopic (exact) mass is 634 g/mol. The van der Waals surface area contributed by atoms with Gasteiger partial charge in [0.2, 0.25) is 5.91 Å². The molecule has 0 heterocycles. The molecule has 5 heteroatoms. The molecular weight excluding hydrogens is 558 g/mol. The molecule has 0 radical (unpaired) electrons. The van der Waals surface area contributed by atoms with Crippen LogP contribution in [0.15, 0.2) is 36.5 Å². The van der Waals surface area contributed by atoms with Gasteiger partial charge in [-0.05, 0) is 70.6 Å². The van der Waals surface area contributed by atoms with Gasteiger partial charge in [0.15, 0.2) is 0 Å². The molecule has 1 amide bonds. The second-order valence-electron chi connectivity index (χ2n) is 13.1. The molecule has 0 aromatic rings. The molecule has 0 rings (SSSR count). The Kier molecular flexibility index (Phi) is 34.3. The molecule has 5 nitrogen and oxygen atoms in total. The van der Waals surface area contributed by atoms with Crippen molar-refractivity contribution in [1.82, 2.24) is 5.32 Å². The minimum atomic E-state index is -1.17. The SMILES string of the molecule is CCCC/C=C/CC/C=C/CCCC(O)C(O)C(CO)NC(=O)CCCCCCCCC/C=C\CCCCCCCCCCC. The Morgan fingerprint density at radius 3 is 1.42 bits per heavy atom. The summed E-state index contributed by atoms with van der Waals surface area (Å²) in [5.74, 6) is -0.166. The number of aliphatic hydroxyl groups is 3. The van der Waals surface area contributed by atoms with Crippen LogP contribution in [0.4, 0.5) is 0 Å². The number of carbonyl (C=O) groups is 1. The fraction of sp³-hybridized carbons (Fsp3) is 0.825. The van der Waals surface area contributed by atoms with E-state index in [1.165, 1.54) is 109 Å². The van der Waals surface area contributed by atoms with Gasteiger partial charge in [-0.2, -0.15) is 0 Å². The van der Waals surface area contributed by atoms with Crippen LogP contribution in [0.1, 0.15) is 187 Å². The standard InChI is InChI=1S/C40H75NO4/c1-3-5-7-9-11-13-15-16-17-18-19-20-21-22-23-25-27-29-31-33-35-39(44)41-37(36-42)40(45)38(43)34-32-30-28-26-24-14-12-10-8-6-4-2/h10,12,19-20,26,28,37-38,40,42-43,45H,3-9,11,13-18,21-25,27,29-36H2,1-2H3,(H,41,44)/b12-10+,20-19-,28-26+. The zero-order valence-electron chi connectivity index (χ0n) is 29.7. The third kappa shape index (κ3) is 31.0. The summed E-state index contributed by atoms with van der Waals surface area (Å²) in [7, 11) is 0. The average molecular weight is 634 g/mol. The fourth-order valence-electron chi connectivity index (χ4n) is 5.63. The maximum Gasteiger partial charge on any atom is 0.220 e. The molecule has 0 aromatic carbocycles. The first-order valence-electron chi connectivity index (χ1n) is 19.3. The van der Waals surface area contributed by atoms with E-state index in [0.717, 1.165) is 51.4 Å². The van der Waals surface area contributed by atoms with Crippen molar-refractivity contribution in [3.63, 3.8) is 0 Å². The summed E-state index contributed by atoms with van der Waals surface area (Å²) >= 11 is 0. The highest BCUT2D eigenvalue weighted by molar-refractivity contribution is 5.76. The van der Waals surface area contributed by atoms with Crippen LogP contribution in [-0.2, 0) is 4.79 Å². The Morgan fingerprint density at radius 1 is 0.533 bits per heavy atom. The van der Waals surface area contributed by atoms with Gasteiger partial charge >= 0.3 is 0 Å². The smallest absolute Gasteiger partial charge is 0.220 e. The minimum Gasteiger partial charge on any atom is -0.394 e. The Labute approximate surface area is 279 Å². The van der Waals surface area contributed by atoms with Gasteiger partial charge in [0.25, 0.3) is 0 Å². The number of carbonyl (C=O) groups excluding carboxylic acids is 1.